The number of halogens is 1. The number of hydrogen-bond acceptors (Lipinski definition) is 2. The third-order valence-electron chi connectivity index (χ3n) is 6.17. The highest BCUT2D eigenvalue weighted by Crippen LogP contribution is 2.33. The van der Waals surface area contributed by atoms with E-state index >= 15 is 0 Å². The Balaban J connectivity index is 1.43. The van der Waals surface area contributed by atoms with E-state index in [0.717, 1.165) is 37.8 Å². The number of rotatable bonds is 5. The van der Waals surface area contributed by atoms with Crippen molar-refractivity contribution in [1.29, 1.82) is 0 Å². The zero-order valence-corrected chi connectivity index (χ0v) is 16.8. The molecule has 0 N–H and O–H groups in total. The SMILES string of the molecule is O=C(c1ccccc1)c1ccc(CC2CCCC(N3CCCC3=O)C2)c(Cl)c1. The molecule has 2 aromatic rings. The first kappa shape index (κ1) is 19.2. The third-order valence-corrected chi connectivity index (χ3v) is 6.52. The van der Waals surface area contributed by atoms with E-state index in [-0.39, 0.29) is 5.78 Å². The summed E-state index contributed by atoms with van der Waals surface area (Å²) in [4.78, 5) is 26.8. The molecule has 2 unspecified atom stereocenters. The van der Waals surface area contributed by atoms with E-state index in [9.17, 15) is 9.59 Å². The van der Waals surface area contributed by atoms with Crippen molar-refractivity contribution in [3.63, 3.8) is 0 Å². The van der Waals surface area contributed by atoms with Crippen molar-refractivity contribution in [2.24, 2.45) is 5.92 Å². The number of benzene rings is 2. The number of likely N-dealkylation sites (tertiary alicyclic amines) is 1. The molecule has 3 nitrogen and oxygen atoms in total. The molecule has 4 rings (SSSR count). The van der Waals surface area contributed by atoms with Crippen molar-refractivity contribution in [2.75, 3.05) is 6.54 Å². The van der Waals surface area contributed by atoms with Crippen LogP contribution in [0.25, 0.3) is 0 Å². The van der Waals surface area contributed by atoms with Gasteiger partial charge in [0.1, 0.15) is 0 Å². The first-order valence-electron chi connectivity index (χ1n) is 10.3. The Kier molecular flexibility index (Phi) is 5.82. The van der Waals surface area contributed by atoms with Crippen LogP contribution in [-0.2, 0) is 11.2 Å². The largest absolute Gasteiger partial charge is 0.340 e. The van der Waals surface area contributed by atoms with Crippen LogP contribution in [0.3, 0.4) is 0 Å². The zero-order chi connectivity index (χ0) is 19.5. The highest BCUT2D eigenvalue weighted by Gasteiger charge is 2.32. The van der Waals surface area contributed by atoms with Crippen molar-refractivity contribution in [2.45, 2.75) is 51.0 Å². The molecule has 4 heteroatoms. The normalized spacial score (nSPS) is 22.5. The molecule has 2 fully saturated rings. The summed E-state index contributed by atoms with van der Waals surface area (Å²) in [6, 6.07) is 15.4. The summed E-state index contributed by atoms with van der Waals surface area (Å²) in [5.74, 6) is 0.868. The van der Waals surface area contributed by atoms with Crippen molar-refractivity contribution >= 4 is 23.3 Å². The molecule has 1 saturated heterocycles. The number of amides is 1. The predicted octanol–water partition coefficient (Wildman–Crippen LogP) is 5.29. The summed E-state index contributed by atoms with van der Waals surface area (Å²) in [6.45, 7) is 0.924. The van der Waals surface area contributed by atoms with Crippen LogP contribution >= 0.6 is 11.6 Å². The van der Waals surface area contributed by atoms with Crippen molar-refractivity contribution in [1.82, 2.24) is 4.90 Å². The summed E-state index contributed by atoms with van der Waals surface area (Å²) in [6.07, 6.45) is 7.16. The van der Waals surface area contributed by atoms with Crippen molar-refractivity contribution < 1.29 is 9.59 Å². The molecule has 2 atom stereocenters. The lowest BCUT2D eigenvalue weighted by Crippen LogP contribution is -2.39. The molecule has 1 saturated carbocycles. The molecule has 0 spiro atoms. The predicted molar refractivity (Wildman–Crippen MR) is 112 cm³/mol. The van der Waals surface area contributed by atoms with Gasteiger partial charge in [-0.15, -0.1) is 0 Å². The summed E-state index contributed by atoms with van der Waals surface area (Å²) in [5, 5.41) is 0.668. The van der Waals surface area contributed by atoms with E-state index in [1.165, 1.54) is 12.8 Å². The van der Waals surface area contributed by atoms with Gasteiger partial charge in [0.05, 0.1) is 0 Å². The number of nitrogens with zero attached hydrogens (tertiary/aromatic N) is 1. The monoisotopic (exact) mass is 395 g/mol. The molecule has 1 amide bonds. The summed E-state index contributed by atoms with van der Waals surface area (Å²) >= 11 is 6.55. The zero-order valence-electron chi connectivity index (χ0n) is 16.1. The lowest BCUT2D eigenvalue weighted by molar-refractivity contribution is -0.130. The van der Waals surface area contributed by atoms with Crippen LogP contribution in [0.1, 0.15) is 60.0 Å². The van der Waals surface area contributed by atoms with Gasteiger partial charge in [-0.3, -0.25) is 9.59 Å². The molecule has 0 bridgehead atoms. The van der Waals surface area contributed by atoms with Gasteiger partial charge < -0.3 is 4.90 Å². The average molecular weight is 396 g/mol. The molecule has 1 aliphatic carbocycles. The fourth-order valence-corrected chi connectivity index (χ4v) is 4.97. The van der Waals surface area contributed by atoms with Crippen LogP contribution in [0, 0.1) is 5.92 Å². The topological polar surface area (TPSA) is 37.4 Å². The van der Waals surface area contributed by atoms with Crippen molar-refractivity contribution in [3.8, 4) is 0 Å². The summed E-state index contributed by atoms with van der Waals surface area (Å²) in [7, 11) is 0. The first-order valence-corrected chi connectivity index (χ1v) is 10.7. The van der Waals surface area contributed by atoms with Gasteiger partial charge in [0.25, 0.3) is 0 Å². The summed E-state index contributed by atoms with van der Waals surface area (Å²) in [5.41, 5.74) is 2.41. The highest BCUT2D eigenvalue weighted by molar-refractivity contribution is 6.32. The lowest BCUT2D eigenvalue weighted by Gasteiger charge is -2.35. The quantitative estimate of drug-likeness (QED) is 0.644. The van der Waals surface area contributed by atoms with Crippen LogP contribution < -0.4 is 0 Å². The summed E-state index contributed by atoms with van der Waals surface area (Å²) < 4.78 is 0. The number of hydrogen-bond donors (Lipinski definition) is 0. The van der Waals surface area contributed by atoms with E-state index in [1.807, 2.05) is 42.5 Å². The molecule has 1 aliphatic heterocycles. The fourth-order valence-electron chi connectivity index (χ4n) is 4.71. The minimum absolute atomic E-state index is 0.000624. The van der Waals surface area contributed by atoms with Gasteiger partial charge in [-0.05, 0) is 49.7 Å². The minimum atomic E-state index is -0.000624. The second-order valence-electron chi connectivity index (χ2n) is 8.08. The van der Waals surface area contributed by atoms with Gasteiger partial charge in [0, 0.05) is 35.2 Å². The molecule has 1 heterocycles. The van der Waals surface area contributed by atoms with E-state index in [2.05, 4.69) is 4.90 Å². The first-order chi connectivity index (χ1) is 13.6. The third kappa shape index (κ3) is 4.15. The molecule has 2 aliphatic rings. The van der Waals surface area contributed by atoms with Crippen LogP contribution in [0.4, 0.5) is 0 Å². The van der Waals surface area contributed by atoms with Crippen molar-refractivity contribution in [3.05, 3.63) is 70.2 Å². The Labute approximate surface area is 171 Å². The van der Waals surface area contributed by atoms with E-state index in [1.54, 1.807) is 6.07 Å². The number of carbonyl (C=O) groups excluding carboxylic acids is 2. The Morgan fingerprint density at radius 3 is 2.57 bits per heavy atom. The molecule has 0 aromatic heterocycles. The van der Waals surface area contributed by atoms with Gasteiger partial charge in [-0.25, -0.2) is 0 Å². The van der Waals surface area contributed by atoms with Gasteiger partial charge >= 0.3 is 0 Å². The Bertz CT molecular complexity index is 864. The van der Waals surface area contributed by atoms with Gasteiger partial charge in [-0.2, -0.15) is 0 Å². The second kappa shape index (κ2) is 8.48. The van der Waals surface area contributed by atoms with Gasteiger partial charge in [0.2, 0.25) is 5.91 Å². The van der Waals surface area contributed by atoms with Crippen LogP contribution in [-0.4, -0.2) is 29.2 Å². The maximum Gasteiger partial charge on any atom is 0.222 e. The minimum Gasteiger partial charge on any atom is -0.340 e. The molecule has 0 radical (unpaired) electrons. The average Bonchev–Trinajstić information content (AvgIpc) is 3.16. The molecule has 2 aromatic carbocycles. The van der Waals surface area contributed by atoms with Gasteiger partial charge in [0.15, 0.2) is 5.78 Å². The van der Waals surface area contributed by atoms with E-state index < -0.39 is 0 Å². The Morgan fingerprint density at radius 2 is 1.86 bits per heavy atom. The van der Waals surface area contributed by atoms with E-state index in [0.29, 0.717) is 40.4 Å². The van der Waals surface area contributed by atoms with E-state index in [4.69, 9.17) is 11.6 Å². The Hall–Kier alpha value is -2.13. The fraction of sp³-hybridized carbons (Fsp3) is 0.417. The van der Waals surface area contributed by atoms with Crippen LogP contribution in [0.2, 0.25) is 5.02 Å². The van der Waals surface area contributed by atoms with Gasteiger partial charge in [-0.1, -0.05) is 60.5 Å². The molecule has 146 valence electrons. The Morgan fingerprint density at radius 1 is 1.04 bits per heavy atom. The number of ketones is 1. The van der Waals surface area contributed by atoms with Crippen LogP contribution in [0.5, 0.6) is 0 Å². The smallest absolute Gasteiger partial charge is 0.222 e. The molecule has 28 heavy (non-hydrogen) atoms. The molecular formula is C24H26ClNO2. The standard InChI is InChI=1S/C24H26ClNO2/c25-22-16-20(24(28)18-7-2-1-3-8-18)12-11-19(22)14-17-6-4-9-21(15-17)26-13-5-10-23(26)27/h1-3,7-8,11-12,16-17,21H,4-6,9-10,13-15H2. The highest BCUT2D eigenvalue weighted by atomic mass is 35.5. The maximum absolute atomic E-state index is 12.6. The van der Waals surface area contributed by atoms with Crippen LogP contribution in [0.15, 0.2) is 48.5 Å². The number of carbonyl (C=O) groups is 2. The lowest BCUT2D eigenvalue weighted by atomic mass is 9.81. The maximum atomic E-state index is 12.6. The second-order valence-corrected chi connectivity index (χ2v) is 8.49. The molecular weight excluding hydrogens is 370 g/mol.